The van der Waals surface area contributed by atoms with Crippen LogP contribution in [0.4, 0.5) is 4.39 Å². The molecule has 26 heavy (non-hydrogen) atoms. The number of fused-ring (bicyclic) bond motifs is 1. The Morgan fingerprint density at radius 1 is 1.12 bits per heavy atom. The minimum atomic E-state index is -0.804. The van der Waals surface area contributed by atoms with Gasteiger partial charge in [0.05, 0.1) is 11.4 Å². The Balaban J connectivity index is 1.60. The van der Waals surface area contributed by atoms with Crippen molar-refractivity contribution in [3.63, 3.8) is 0 Å². The van der Waals surface area contributed by atoms with Crippen LogP contribution in [-0.2, 0) is 11.3 Å². The molecule has 1 saturated heterocycles. The summed E-state index contributed by atoms with van der Waals surface area (Å²) < 4.78 is 13.2. The molecule has 1 aliphatic heterocycles. The van der Waals surface area contributed by atoms with Crippen LogP contribution in [0.3, 0.4) is 0 Å². The maximum Gasteiger partial charge on any atom is 0.308 e. The van der Waals surface area contributed by atoms with Crippen molar-refractivity contribution in [2.24, 2.45) is 5.92 Å². The van der Waals surface area contributed by atoms with Gasteiger partial charge < -0.3 is 5.11 Å². The molecule has 2 aromatic carbocycles. The van der Waals surface area contributed by atoms with Gasteiger partial charge in [0.15, 0.2) is 0 Å². The number of halogens is 1. The molecule has 0 spiro atoms. The minimum absolute atomic E-state index is 0.138. The standard InChI is InChI=1S/C21H19FN2O2/c22-16-7-5-14(6-8-16)18-12-24(13-19(18)21(25)26)11-15-9-10-23-20-4-2-1-3-17(15)20/h1-10,18-19H,11-13H2,(H,25,26)/t18-,19+/m0/s1. The van der Waals surface area contributed by atoms with Gasteiger partial charge in [-0.05, 0) is 35.4 Å². The molecule has 3 aromatic rings. The minimum Gasteiger partial charge on any atom is -0.481 e. The van der Waals surface area contributed by atoms with Gasteiger partial charge in [-0.1, -0.05) is 30.3 Å². The van der Waals surface area contributed by atoms with Crippen molar-refractivity contribution in [1.29, 1.82) is 0 Å². The Hall–Kier alpha value is -2.79. The lowest BCUT2D eigenvalue weighted by molar-refractivity contribution is -0.141. The summed E-state index contributed by atoms with van der Waals surface area (Å²) in [6, 6.07) is 16.1. The lowest BCUT2D eigenvalue weighted by Crippen LogP contribution is -2.23. The molecule has 4 rings (SSSR count). The summed E-state index contributed by atoms with van der Waals surface area (Å²) in [6.07, 6.45) is 1.79. The molecule has 1 aromatic heterocycles. The molecule has 2 heterocycles. The molecular weight excluding hydrogens is 331 g/mol. The van der Waals surface area contributed by atoms with Crippen molar-refractivity contribution >= 4 is 16.9 Å². The SMILES string of the molecule is O=C(O)[C@@H]1CN(Cc2ccnc3ccccc23)C[C@H]1c1ccc(F)cc1. The number of hydrogen-bond acceptors (Lipinski definition) is 3. The fourth-order valence-corrected chi connectivity index (χ4v) is 3.85. The van der Waals surface area contributed by atoms with Gasteiger partial charge in [0.1, 0.15) is 5.82 Å². The zero-order chi connectivity index (χ0) is 18.1. The third-order valence-corrected chi connectivity index (χ3v) is 5.14. The Morgan fingerprint density at radius 3 is 2.65 bits per heavy atom. The highest BCUT2D eigenvalue weighted by Crippen LogP contribution is 2.34. The molecule has 0 unspecified atom stereocenters. The highest BCUT2D eigenvalue weighted by molar-refractivity contribution is 5.81. The van der Waals surface area contributed by atoms with E-state index in [0.717, 1.165) is 22.0 Å². The van der Waals surface area contributed by atoms with Crippen LogP contribution in [0.1, 0.15) is 17.0 Å². The third kappa shape index (κ3) is 3.18. The summed E-state index contributed by atoms with van der Waals surface area (Å²) in [5.41, 5.74) is 2.95. The van der Waals surface area contributed by atoms with Crippen LogP contribution in [0.5, 0.6) is 0 Å². The molecule has 1 fully saturated rings. The molecule has 4 nitrogen and oxygen atoms in total. The maximum atomic E-state index is 13.2. The van der Waals surface area contributed by atoms with Gasteiger partial charge in [-0.15, -0.1) is 0 Å². The van der Waals surface area contributed by atoms with Crippen molar-refractivity contribution < 1.29 is 14.3 Å². The molecule has 5 heteroatoms. The van der Waals surface area contributed by atoms with E-state index in [1.54, 1.807) is 18.3 Å². The number of likely N-dealkylation sites (tertiary alicyclic amines) is 1. The van der Waals surface area contributed by atoms with Gasteiger partial charge in [-0.2, -0.15) is 0 Å². The summed E-state index contributed by atoms with van der Waals surface area (Å²) in [5.74, 6) is -1.74. The number of carboxylic acid groups (broad SMARTS) is 1. The van der Waals surface area contributed by atoms with E-state index in [1.807, 2.05) is 30.3 Å². The van der Waals surface area contributed by atoms with Crippen LogP contribution in [0.25, 0.3) is 10.9 Å². The van der Waals surface area contributed by atoms with Gasteiger partial charge >= 0.3 is 5.97 Å². The van der Waals surface area contributed by atoms with Crippen molar-refractivity contribution in [1.82, 2.24) is 9.88 Å². The lowest BCUT2D eigenvalue weighted by atomic mass is 9.89. The number of pyridine rings is 1. The van der Waals surface area contributed by atoms with E-state index in [4.69, 9.17) is 0 Å². The average Bonchev–Trinajstić information content (AvgIpc) is 3.07. The highest BCUT2D eigenvalue weighted by atomic mass is 19.1. The maximum absolute atomic E-state index is 13.2. The average molecular weight is 350 g/mol. The molecular formula is C21H19FN2O2. The van der Waals surface area contributed by atoms with Gasteiger partial charge in [0, 0.05) is 37.1 Å². The number of hydrogen-bond donors (Lipinski definition) is 1. The zero-order valence-electron chi connectivity index (χ0n) is 14.2. The number of nitrogens with zero attached hydrogens (tertiary/aromatic N) is 2. The van der Waals surface area contributed by atoms with E-state index in [-0.39, 0.29) is 11.7 Å². The van der Waals surface area contributed by atoms with Gasteiger partial charge in [0.2, 0.25) is 0 Å². The number of carbonyl (C=O) groups is 1. The summed E-state index contributed by atoms with van der Waals surface area (Å²) in [6.45, 7) is 1.79. The summed E-state index contributed by atoms with van der Waals surface area (Å²) >= 11 is 0. The van der Waals surface area contributed by atoms with Crippen LogP contribution in [-0.4, -0.2) is 34.0 Å². The number of aliphatic carboxylic acids is 1. The molecule has 2 atom stereocenters. The topological polar surface area (TPSA) is 53.4 Å². The molecule has 1 aliphatic rings. The molecule has 0 bridgehead atoms. The second-order valence-corrected chi connectivity index (χ2v) is 6.78. The third-order valence-electron chi connectivity index (χ3n) is 5.14. The van der Waals surface area contributed by atoms with Crippen molar-refractivity contribution in [3.8, 4) is 0 Å². The predicted molar refractivity (Wildman–Crippen MR) is 97.3 cm³/mol. The number of aromatic nitrogens is 1. The van der Waals surface area contributed by atoms with Crippen LogP contribution in [0, 0.1) is 11.7 Å². The van der Waals surface area contributed by atoms with Crippen molar-refractivity contribution in [3.05, 3.63) is 77.7 Å². The van der Waals surface area contributed by atoms with Crippen LogP contribution in [0.15, 0.2) is 60.8 Å². The quantitative estimate of drug-likeness (QED) is 0.780. The van der Waals surface area contributed by atoms with Crippen molar-refractivity contribution in [2.75, 3.05) is 13.1 Å². The number of benzene rings is 2. The first kappa shape index (κ1) is 16.7. The first-order chi connectivity index (χ1) is 12.6. The van der Waals surface area contributed by atoms with Crippen LogP contribution in [0.2, 0.25) is 0 Å². The molecule has 0 amide bonds. The van der Waals surface area contributed by atoms with Crippen LogP contribution >= 0.6 is 0 Å². The molecule has 1 N–H and O–H groups in total. The molecule has 0 aliphatic carbocycles. The Labute approximate surface area is 150 Å². The van der Waals surface area contributed by atoms with Gasteiger partial charge in [-0.25, -0.2) is 4.39 Å². The summed E-state index contributed by atoms with van der Waals surface area (Å²) in [7, 11) is 0. The first-order valence-corrected chi connectivity index (χ1v) is 8.65. The largest absolute Gasteiger partial charge is 0.481 e. The Morgan fingerprint density at radius 2 is 1.88 bits per heavy atom. The van der Waals surface area contributed by atoms with Gasteiger partial charge in [-0.3, -0.25) is 14.7 Å². The lowest BCUT2D eigenvalue weighted by Gasteiger charge is -2.17. The highest BCUT2D eigenvalue weighted by Gasteiger charge is 2.38. The fourth-order valence-electron chi connectivity index (χ4n) is 3.85. The Kier molecular flexibility index (Phi) is 4.39. The van der Waals surface area contributed by atoms with Crippen molar-refractivity contribution in [2.45, 2.75) is 12.5 Å². The molecule has 0 saturated carbocycles. The fraction of sp³-hybridized carbons (Fsp3) is 0.238. The summed E-state index contributed by atoms with van der Waals surface area (Å²) in [4.78, 5) is 18.3. The normalized spacial score (nSPS) is 20.5. The number of carboxylic acids is 1. The van der Waals surface area contributed by atoms with E-state index < -0.39 is 11.9 Å². The zero-order valence-corrected chi connectivity index (χ0v) is 14.2. The Bertz CT molecular complexity index is 937. The smallest absolute Gasteiger partial charge is 0.308 e. The van der Waals surface area contributed by atoms with E-state index in [9.17, 15) is 14.3 Å². The monoisotopic (exact) mass is 350 g/mol. The second kappa shape index (κ2) is 6.84. The summed E-state index contributed by atoms with van der Waals surface area (Å²) in [5, 5.41) is 10.7. The van der Waals surface area contributed by atoms with Gasteiger partial charge in [0.25, 0.3) is 0 Å². The van der Waals surface area contributed by atoms with E-state index in [0.29, 0.717) is 19.6 Å². The first-order valence-electron chi connectivity index (χ1n) is 8.65. The van der Waals surface area contributed by atoms with E-state index >= 15 is 0 Å². The molecule has 0 radical (unpaired) electrons. The second-order valence-electron chi connectivity index (χ2n) is 6.78. The molecule has 132 valence electrons. The van der Waals surface area contributed by atoms with E-state index in [1.165, 1.54) is 12.1 Å². The number of para-hydroxylation sites is 1. The predicted octanol–water partition coefficient (Wildman–Crippen LogP) is 3.67. The van der Waals surface area contributed by atoms with Crippen LogP contribution < -0.4 is 0 Å². The number of rotatable bonds is 4. The van der Waals surface area contributed by atoms with E-state index in [2.05, 4.69) is 9.88 Å².